The summed E-state index contributed by atoms with van der Waals surface area (Å²) < 4.78 is 20.1. The SMILES string of the molecule is CN1CCN(c2cccc(C(=O)N3CC[C@@H](C(=O)N4CCC(O)(Cn5cnc(Oc6ccc(F)cc6)c(N)c5=O)CC4)[C@H](c4ccccc4)C3)c2)CC1. The molecular weight excluding hydrogens is 677 g/mol. The first kappa shape index (κ1) is 36.1. The van der Waals surface area contributed by atoms with Gasteiger partial charge in [0.25, 0.3) is 11.5 Å². The number of nitrogens with two attached hydrogens (primary N) is 1. The Kier molecular flexibility index (Phi) is 10.5. The summed E-state index contributed by atoms with van der Waals surface area (Å²) in [5.41, 5.74) is 6.72. The highest BCUT2D eigenvalue weighted by Gasteiger charge is 2.42. The lowest BCUT2D eigenvalue weighted by molar-refractivity contribution is -0.142. The maximum absolute atomic E-state index is 14.2. The molecule has 3 aliphatic heterocycles. The quantitative estimate of drug-likeness (QED) is 0.278. The fourth-order valence-electron chi connectivity index (χ4n) is 7.70. The van der Waals surface area contributed by atoms with E-state index in [1.807, 2.05) is 53.4 Å². The average Bonchev–Trinajstić information content (AvgIpc) is 3.19. The lowest BCUT2D eigenvalue weighted by Crippen LogP contribution is -2.53. The van der Waals surface area contributed by atoms with Crippen LogP contribution in [0.4, 0.5) is 15.8 Å². The molecule has 1 aromatic heterocycles. The van der Waals surface area contributed by atoms with Crippen LogP contribution >= 0.6 is 0 Å². The van der Waals surface area contributed by atoms with Gasteiger partial charge in [0.05, 0.1) is 12.1 Å². The van der Waals surface area contributed by atoms with Crippen LogP contribution in [0.25, 0.3) is 0 Å². The molecule has 0 saturated carbocycles. The lowest BCUT2D eigenvalue weighted by Gasteiger charge is -2.43. The number of carbonyl (C=O) groups is 2. The molecule has 2 atom stereocenters. The van der Waals surface area contributed by atoms with Crippen molar-refractivity contribution in [3.8, 4) is 11.6 Å². The first-order valence-corrected chi connectivity index (χ1v) is 18.2. The van der Waals surface area contributed by atoms with Crippen molar-refractivity contribution in [3.63, 3.8) is 0 Å². The second-order valence-electron chi connectivity index (χ2n) is 14.5. The number of benzene rings is 3. The van der Waals surface area contributed by atoms with Gasteiger partial charge in [0.2, 0.25) is 11.8 Å². The third kappa shape index (κ3) is 8.06. The molecule has 0 unspecified atom stereocenters. The smallest absolute Gasteiger partial charge is 0.280 e. The van der Waals surface area contributed by atoms with Crippen molar-refractivity contribution in [2.45, 2.75) is 37.3 Å². The molecule has 3 fully saturated rings. The van der Waals surface area contributed by atoms with Gasteiger partial charge in [0.15, 0.2) is 5.69 Å². The van der Waals surface area contributed by atoms with Crippen LogP contribution in [0.2, 0.25) is 0 Å². The van der Waals surface area contributed by atoms with Crippen molar-refractivity contribution >= 4 is 23.2 Å². The third-order valence-corrected chi connectivity index (χ3v) is 10.9. The molecule has 12 nitrogen and oxygen atoms in total. The summed E-state index contributed by atoms with van der Waals surface area (Å²) in [6.45, 7) is 5.26. The number of aliphatic hydroxyl groups is 1. The number of piperazine rings is 1. The van der Waals surface area contributed by atoms with Gasteiger partial charge in [-0.1, -0.05) is 36.4 Å². The van der Waals surface area contributed by atoms with Crippen LogP contribution in [0.15, 0.2) is 90.0 Å². The van der Waals surface area contributed by atoms with E-state index in [9.17, 15) is 23.9 Å². The van der Waals surface area contributed by atoms with Crippen LogP contribution in [0.3, 0.4) is 0 Å². The Morgan fingerprint density at radius 2 is 1.64 bits per heavy atom. The van der Waals surface area contributed by atoms with Crippen molar-refractivity contribution in [1.29, 1.82) is 0 Å². The second-order valence-corrected chi connectivity index (χ2v) is 14.5. The lowest BCUT2D eigenvalue weighted by atomic mass is 9.79. The minimum absolute atomic E-state index is 0.00967. The molecule has 0 spiro atoms. The number of aromatic nitrogens is 2. The van der Waals surface area contributed by atoms with Crippen LogP contribution in [0.1, 0.15) is 41.1 Å². The largest absolute Gasteiger partial charge is 0.437 e. The number of likely N-dealkylation sites (N-methyl/N-ethyl adjacent to an activating group) is 1. The summed E-state index contributed by atoms with van der Waals surface area (Å²) >= 11 is 0. The number of rotatable bonds is 8. The highest BCUT2D eigenvalue weighted by Crippen LogP contribution is 2.36. The molecule has 13 heteroatoms. The number of anilines is 2. The number of hydrogen-bond acceptors (Lipinski definition) is 9. The molecule has 0 bridgehead atoms. The van der Waals surface area contributed by atoms with Crippen molar-refractivity contribution in [2.75, 3.05) is 70.0 Å². The minimum Gasteiger partial charge on any atom is -0.437 e. The fourth-order valence-corrected chi connectivity index (χ4v) is 7.70. The number of nitrogens with zero attached hydrogens (tertiary/aromatic N) is 6. The summed E-state index contributed by atoms with van der Waals surface area (Å²) in [4.78, 5) is 53.8. The molecule has 3 aromatic carbocycles. The van der Waals surface area contributed by atoms with E-state index in [1.165, 1.54) is 35.2 Å². The zero-order chi connectivity index (χ0) is 37.1. The van der Waals surface area contributed by atoms with Crippen molar-refractivity contribution < 1.29 is 23.8 Å². The van der Waals surface area contributed by atoms with E-state index in [-0.39, 0.29) is 60.4 Å². The number of carbonyl (C=O) groups excluding carboxylic acids is 2. The van der Waals surface area contributed by atoms with Gasteiger partial charge in [-0.15, -0.1) is 0 Å². The molecule has 4 aromatic rings. The number of hydrogen-bond donors (Lipinski definition) is 2. The number of halogens is 1. The minimum atomic E-state index is -1.26. The Bertz CT molecular complexity index is 1980. The standard InChI is InChI=1S/C40H46FN7O5/c1-44-20-22-45(23-21-44)31-9-5-8-29(24-31)37(49)47-17-14-33(34(25-47)28-6-3-2-4-7-28)38(50)46-18-15-40(52,16-19-46)26-48-27-43-36(35(42)39(48)51)53-32-12-10-30(41)11-13-32/h2-13,24,27,33-34,52H,14-23,25-26,42H2,1H3/t33-,34+/m1/s1. The van der Waals surface area contributed by atoms with Crippen LogP contribution in [-0.4, -0.2) is 106 Å². The summed E-state index contributed by atoms with van der Waals surface area (Å²) in [5.74, 6) is -0.800. The fraction of sp³-hybridized carbons (Fsp3) is 0.400. The maximum Gasteiger partial charge on any atom is 0.280 e. The number of ether oxygens (including phenoxy) is 1. The van der Waals surface area contributed by atoms with Crippen molar-refractivity contribution in [1.82, 2.24) is 24.3 Å². The van der Waals surface area contributed by atoms with Gasteiger partial charge in [-0.05, 0) is 74.3 Å². The number of piperidine rings is 2. The molecule has 3 saturated heterocycles. The van der Waals surface area contributed by atoms with Gasteiger partial charge in [0.1, 0.15) is 17.9 Å². The monoisotopic (exact) mass is 723 g/mol. The van der Waals surface area contributed by atoms with Crippen LogP contribution < -0.4 is 20.9 Å². The molecule has 2 amide bonds. The molecular formula is C40H46FN7O5. The van der Waals surface area contributed by atoms with Gasteiger partial charge in [-0.2, -0.15) is 0 Å². The molecule has 4 heterocycles. The van der Waals surface area contributed by atoms with E-state index in [2.05, 4.69) is 27.9 Å². The molecule has 0 aliphatic carbocycles. The normalized spacial score (nSPS) is 20.6. The highest BCUT2D eigenvalue weighted by molar-refractivity contribution is 5.95. The summed E-state index contributed by atoms with van der Waals surface area (Å²) in [6.07, 6.45) is 2.32. The molecule has 3 N–H and O–H groups in total. The molecule has 0 radical (unpaired) electrons. The Morgan fingerprint density at radius 3 is 2.36 bits per heavy atom. The highest BCUT2D eigenvalue weighted by atomic mass is 19.1. The van der Waals surface area contributed by atoms with Crippen LogP contribution in [-0.2, 0) is 11.3 Å². The summed E-state index contributed by atoms with van der Waals surface area (Å²) in [6, 6.07) is 23.0. The van der Waals surface area contributed by atoms with Crippen molar-refractivity contribution in [2.24, 2.45) is 5.92 Å². The first-order chi connectivity index (χ1) is 25.6. The van der Waals surface area contributed by atoms with Gasteiger partial charge < -0.3 is 35.2 Å². The Morgan fingerprint density at radius 1 is 0.925 bits per heavy atom. The van der Waals surface area contributed by atoms with E-state index in [0.717, 1.165) is 37.4 Å². The van der Waals surface area contributed by atoms with Gasteiger partial charge in [-0.25, -0.2) is 9.37 Å². The van der Waals surface area contributed by atoms with Gasteiger partial charge in [-0.3, -0.25) is 19.0 Å². The Labute approximate surface area is 308 Å². The van der Waals surface area contributed by atoms with Gasteiger partial charge in [0, 0.05) is 75.4 Å². The van der Waals surface area contributed by atoms with E-state index in [1.54, 1.807) is 4.90 Å². The van der Waals surface area contributed by atoms with E-state index in [4.69, 9.17) is 10.5 Å². The number of amides is 2. The molecule has 7 rings (SSSR count). The van der Waals surface area contributed by atoms with Crippen LogP contribution in [0.5, 0.6) is 11.6 Å². The van der Waals surface area contributed by atoms with Crippen LogP contribution in [0, 0.1) is 11.7 Å². The number of nitrogen functional groups attached to an aromatic ring is 1. The van der Waals surface area contributed by atoms with Crippen molar-refractivity contribution in [3.05, 3.63) is 112 Å². The van der Waals surface area contributed by atoms with E-state index < -0.39 is 17.0 Å². The second kappa shape index (κ2) is 15.4. The topological polar surface area (TPSA) is 137 Å². The predicted molar refractivity (Wildman–Crippen MR) is 199 cm³/mol. The first-order valence-electron chi connectivity index (χ1n) is 18.2. The molecule has 53 heavy (non-hydrogen) atoms. The Hall–Kier alpha value is -5.27. The summed E-state index contributed by atoms with van der Waals surface area (Å²) in [7, 11) is 2.12. The van der Waals surface area contributed by atoms with E-state index in [0.29, 0.717) is 38.2 Å². The zero-order valence-electron chi connectivity index (χ0n) is 29.9. The maximum atomic E-state index is 14.2. The number of likely N-dealkylation sites (tertiary alicyclic amines) is 2. The Balaban J connectivity index is 1.00. The molecule has 278 valence electrons. The third-order valence-electron chi connectivity index (χ3n) is 10.9. The zero-order valence-corrected chi connectivity index (χ0v) is 29.9. The predicted octanol–water partition coefficient (Wildman–Crippen LogP) is 3.81. The van der Waals surface area contributed by atoms with E-state index >= 15 is 0 Å². The summed E-state index contributed by atoms with van der Waals surface area (Å²) in [5, 5.41) is 11.5. The van der Waals surface area contributed by atoms with Gasteiger partial charge >= 0.3 is 0 Å². The average molecular weight is 724 g/mol. The molecule has 3 aliphatic rings.